The molecule has 0 spiro atoms. The van der Waals surface area contributed by atoms with Gasteiger partial charge in [-0.2, -0.15) is 8.42 Å². The molecule has 28 heavy (non-hydrogen) atoms. The summed E-state index contributed by atoms with van der Waals surface area (Å²) in [4.78, 5) is 12.4. The van der Waals surface area contributed by atoms with Gasteiger partial charge in [0.05, 0.1) is 5.69 Å². The maximum atomic E-state index is 12.6. The normalized spacial score (nSPS) is 10.9. The van der Waals surface area contributed by atoms with Crippen LogP contribution in [0.1, 0.15) is 11.1 Å². The molecule has 3 rings (SSSR count). The highest BCUT2D eigenvalue weighted by atomic mass is 32.2. The maximum absolute atomic E-state index is 12.6. The Hall–Kier alpha value is -3.32. The highest BCUT2D eigenvalue weighted by Gasteiger charge is 2.21. The molecule has 0 unspecified atom stereocenters. The molecule has 144 valence electrons. The molecule has 2 amide bonds. The number of benzene rings is 3. The number of para-hydroxylation sites is 3. The van der Waals surface area contributed by atoms with Gasteiger partial charge in [-0.05, 0) is 49.2 Å². The molecule has 0 radical (unpaired) electrons. The second kappa shape index (κ2) is 8.14. The van der Waals surface area contributed by atoms with Crippen LogP contribution < -0.4 is 14.8 Å². The van der Waals surface area contributed by atoms with Crippen molar-refractivity contribution < 1.29 is 17.4 Å². The van der Waals surface area contributed by atoms with Crippen LogP contribution in [-0.2, 0) is 10.1 Å². The van der Waals surface area contributed by atoms with E-state index in [2.05, 4.69) is 10.6 Å². The van der Waals surface area contributed by atoms with Crippen molar-refractivity contribution >= 4 is 27.5 Å². The third-order valence-corrected chi connectivity index (χ3v) is 5.49. The quantitative estimate of drug-likeness (QED) is 0.612. The number of hydrogen-bond acceptors (Lipinski definition) is 4. The van der Waals surface area contributed by atoms with E-state index in [0.29, 0.717) is 11.3 Å². The van der Waals surface area contributed by atoms with Crippen molar-refractivity contribution in [2.45, 2.75) is 18.7 Å². The summed E-state index contributed by atoms with van der Waals surface area (Å²) < 4.78 is 30.6. The van der Waals surface area contributed by atoms with E-state index in [4.69, 9.17) is 4.18 Å². The molecule has 3 aromatic carbocycles. The van der Waals surface area contributed by atoms with Gasteiger partial charge in [-0.15, -0.1) is 0 Å². The predicted molar refractivity (Wildman–Crippen MR) is 109 cm³/mol. The second-order valence-corrected chi connectivity index (χ2v) is 7.71. The Bertz CT molecular complexity index is 1110. The smallest absolute Gasteiger partial charge is 0.339 e. The molecule has 2 N–H and O–H groups in total. The van der Waals surface area contributed by atoms with Gasteiger partial charge in [0, 0.05) is 5.69 Å². The van der Waals surface area contributed by atoms with Gasteiger partial charge in [0.15, 0.2) is 5.75 Å². The average molecular weight is 396 g/mol. The lowest BCUT2D eigenvalue weighted by Gasteiger charge is -2.14. The molecule has 7 heteroatoms. The molecule has 0 aromatic heterocycles. The molecular weight excluding hydrogens is 376 g/mol. The molecular formula is C21H20N2O4S. The van der Waals surface area contributed by atoms with Crippen LogP contribution >= 0.6 is 0 Å². The number of hydrogen-bond donors (Lipinski definition) is 2. The van der Waals surface area contributed by atoms with Crippen LogP contribution in [0, 0.1) is 13.8 Å². The number of nitrogens with one attached hydrogen (secondary N) is 2. The fourth-order valence-corrected chi connectivity index (χ4v) is 3.81. The molecule has 0 saturated heterocycles. The van der Waals surface area contributed by atoms with Crippen molar-refractivity contribution in [3.05, 3.63) is 83.9 Å². The lowest BCUT2D eigenvalue weighted by molar-refractivity contribution is 0.262. The van der Waals surface area contributed by atoms with Crippen molar-refractivity contribution in [3.63, 3.8) is 0 Å². The summed E-state index contributed by atoms with van der Waals surface area (Å²) in [5.41, 5.74) is 2.38. The molecule has 6 nitrogen and oxygen atoms in total. The third-order valence-electron chi connectivity index (χ3n) is 4.09. The van der Waals surface area contributed by atoms with Crippen LogP contribution in [0.3, 0.4) is 0 Å². The number of aryl methyl sites for hydroxylation is 2. The summed E-state index contributed by atoms with van der Waals surface area (Å²) in [6.07, 6.45) is 0. The van der Waals surface area contributed by atoms with E-state index >= 15 is 0 Å². The fourth-order valence-electron chi connectivity index (χ4n) is 2.63. The minimum Gasteiger partial charge on any atom is -0.377 e. The first-order valence-electron chi connectivity index (χ1n) is 8.59. The van der Waals surface area contributed by atoms with Crippen LogP contribution in [0.25, 0.3) is 0 Å². The number of carbonyl (C=O) groups excluding carboxylic acids is 1. The molecule has 0 heterocycles. The van der Waals surface area contributed by atoms with E-state index < -0.39 is 16.1 Å². The van der Waals surface area contributed by atoms with Crippen LogP contribution in [0.4, 0.5) is 16.2 Å². The van der Waals surface area contributed by atoms with E-state index in [0.717, 1.165) is 5.56 Å². The van der Waals surface area contributed by atoms with Crippen LogP contribution in [0.15, 0.2) is 77.7 Å². The Morgan fingerprint density at radius 3 is 1.96 bits per heavy atom. The lowest BCUT2D eigenvalue weighted by atomic mass is 10.2. The number of anilines is 2. The molecule has 0 aliphatic rings. The molecule has 0 atom stereocenters. The van der Waals surface area contributed by atoms with Gasteiger partial charge in [0.25, 0.3) is 0 Å². The van der Waals surface area contributed by atoms with Gasteiger partial charge in [0.1, 0.15) is 4.90 Å². The van der Waals surface area contributed by atoms with Crippen molar-refractivity contribution in [2.75, 3.05) is 10.6 Å². The Kier molecular flexibility index (Phi) is 5.65. The Labute approximate surface area is 164 Å². The first-order chi connectivity index (χ1) is 13.4. The Morgan fingerprint density at radius 1 is 0.750 bits per heavy atom. The highest BCUT2D eigenvalue weighted by Crippen LogP contribution is 2.28. The zero-order valence-electron chi connectivity index (χ0n) is 15.5. The molecule has 0 aliphatic carbocycles. The predicted octanol–water partition coefficient (Wildman–Crippen LogP) is 4.72. The Balaban J connectivity index is 1.81. The summed E-state index contributed by atoms with van der Waals surface area (Å²) in [6.45, 7) is 3.57. The second-order valence-electron chi connectivity index (χ2n) is 6.19. The van der Waals surface area contributed by atoms with Crippen molar-refractivity contribution in [3.8, 4) is 5.75 Å². The first-order valence-corrected chi connectivity index (χ1v) is 10.0. The van der Waals surface area contributed by atoms with E-state index in [1.54, 1.807) is 49.4 Å². The van der Waals surface area contributed by atoms with Crippen LogP contribution in [0.5, 0.6) is 5.75 Å². The van der Waals surface area contributed by atoms with Gasteiger partial charge in [0.2, 0.25) is 0 Å². The summed E-state index contributed by atoms with van der Waals surface area (Å²) >= 11 is 0. The topological polar surface area (TPSA) is 84.5 Å². The lowest BCUT2D eigenvalue weighted by Crippen LogP contribution is -2.21. The average Bonchev–Trinajstić information content (AvgIpc) is 2.65. The molecule has 0 fully saturated rings. The fraction of sp³-hybridized carbons (Fsp3) is 0.0952. The largest absolute Gasteiger partial charge is 0.377 e. The zero-order chi connectivity index (χ0) is 20.1. The number of carbonyl (C=O) groups is 1. The van der Waals surface area contributed by atoms with Crippen molar-refractivity contribution in [2.24, 2.45) is 0 Å². The van der Waals surface area contributed by atoms with Gasteiger partial charge in [-0.1, -0.05) is 48.5 Å². The van der Waals surface area contributed by atoms with E-state index in [1.807, 2.05) is 25.1 Å². The van der Waals surface area contributed by atoms with Gasteiger partial charge >= 0.3 is 16.1 Å². The zero-order valence-corrected chi connectivity index (χ0v) is 16.3. The van der Waals surface area contributed by atoms with Crippen molar-refractivity contribution in [1.82, 2.24) is 0 Å². The molecule has 0 aliphatic heterocycles. The first kappa shape index (κ1) is 19.4. The Morgan fingerprint density at radius 2 is 1.29 bits per heavy atom. The summed E-state index contributed by atoms with van der Waals surface area (Å²) in [5, 5.41) is 5.37. The number of urea groups is 1. The summed E-state index contributed by atoms with van der Waals surface area (Å²) in [5.74, 6) is 0.0330. The standard InChI is InChI=1S/C21H20N2O4S/c1-15-9-3-5-11-17(15)22-21(24)23-18-12-6-7-13-19(18)27-28(25,26)20-14-8-4-10-16(20)2/h3-14H,1-2H3,(H2,22,23,24). The van der Waals surface area contributed by atoms with Gasteiger partial charge in [-0.3, -0.25) is 0 Å². The van der Waals surface area contributed by atoms with Crippen molar-refractivity contribution in [1.29, 1.82) is 0 Å². The monoisotopic (exact) mass is 396 g/mol. The summed E-state index contributed by atoms with van der Waals surface area (Å²) in [7, 11) is -4.04. The van der Waals surface area contributed by atoms with Gasteiger partial charge in [-0.25, -0.2) is 4.79 Å². The maximum Gasteiger partial charge on any atom is 0.339 e. The molecule has 0 saturated carbocycles. The van der Waals surface area contributed by atoms with E-state index in [1.165, 1.54) is 12.1 Å². The van der Waals surface area contributed by atoms with Crippen LogP contribution in [0.2, 0.25) is 0 Å². The minimum atomic E-state index is -4.04. The SMILES string of the molecule is Cc1ccccc1NC(=O)Nc1ccccc1OS(=O)(=O)c1ccccc1C. The number of rotatable bonds is 5. The third kappa shape index (κ3) is 4.50. The molecule has 3 aromatic rings. The summed E-state index contributed by atoms with van der Waals surface area (Å²) in [6, 6.07) is 19.8. The van der Waals surface area contributed by atoms with Crippen LogP contribution in [-0.4, -0.2) is 14.4 Å². The minimum absolute atomic E-state index is 0.0330. The molecule has 0 bridgehead atoms. The van der Waals surface area contributed by atoms with E-state index in [9.17, 15) is 13.2 Å². The van der Waals surface area contributed by atoms with E-state index in [-0.39, 0.29) is 16.3 Å². The highest BCUT2D eigenvalue weighted by molar-refractivity contribution is 7.87. The number of amides is 2. The van der Waals surface area contributed by atoms with Gasteiger partial charge < -0.3 is 14.8 Å².